The second-order valence-electron chi connectivity index (χ2n) is 8.11. The molecule has 7 nitrogen and oxygen atoms in total. The fraction of sp³-hybridized carbons (Fsp3) is 0.0769. The number of hydrogen-bond donors (Lipinski definition) is 1. The molecule has 0 spiro atoms. The molecule has 0 saturated carbocycles. The highest BCUT2D eigenvalue weighted by Crippen LogP contribution is 2.51. The maximum Gasteiger partial charge on any atom is 0.356 e. The fourth-order valence-electron chi connectivity index (χ4n) is 4.42. The van der Waals surface area contributed by atoms with Crippen LogP contribution in [0.1, 0.15) is 11.1 Å². The molecule has 0 fully saturated rings. The summed E-state index contributed by atoms with van der Waals surface area (Å²) in [6, 6.07) is 21.9. The SMILES string of the molecule is Cc1ccc(-c2c([N+](=O)[O-])c([N+](=O)[O-])c(-c3ccc(C)cc3)c3c2[nH]c2ccccc23)cc1. The third kappa shape index (κ3) is 3.22. The van der Waals surface area contributed by atoms with Crippen LogP contribution in [0.15, 0.2) is 72.8 Å². The van der Waals surface area contributed by atoms with Crippen LogP contribution in [0.3, 0.4) is 0 Å². The summed E-state index contributed by atoms with van der Waals surface area (Å²) < 4.78 is 0. The first-order chi connectivity index (χ1) is 15.9. The number of aromatic amines is 1. The van der Waals surface area contributed by atoms with Gasteiger partial charge < -0.3 is 4.98 Å². The van der Waals surface area contributed by atoms with Crippen LogP contribution in [0, 0.1) is 34.1 Å². The average Bonchev–Trinajstić information content (AvgIpc) is 3.18. The molecule has 0 aliphatic rings. The van der Waals surface area contributed by atoms with Gasteiger partial charge >= 0.3 is 11.4 Å². The predicted molar refractivity (Wildman–Crippen MR) is 129 cm³/mol. The Morgan fingerprint density at radius 2 is 1.15 bits per heavy atom. The van der Waals surface area contributed by atoms with Crippen molar-refractivity contribution >= 4 is 33.2 Å². The van der Waals surface area contributed by atoms with Crippen molar-refractivity contribution in [2.24, 2.45) is 0 Å². The van der Waals surface area contributed by atoms with Gasteiger partial charge in [0.05, 0.1) is 26.5 Å². The standard InChI is InChI=1S/C26H19N3O4/c1-15-7-11-17(12-8-15)21-23-19-5-3-4-6-20(19)27-24(23)22(18-13-9-16(2)10-14-18)26(29(32)33)25(21)28(30)31/h3-14,27H,1-2H3. The minimum Gasteiger partial charge on any atom is -0.354 e. The number of nitro groups is 2. The Balaban J connectivity index is 2.08. The molecule has 4 aromatic carbocycles. The van der Waals surface area contributed by atoms with Gasteiger partial charge in [-0.2, -0.15) is 0 Å². The monoisotopic (exact) mass is 437 g/mol. The molecular weight excluding hydrogens is 418 g/mol. The van der Waals surface area contributed by atoms with Crippen molar-refractivity contribution in [3.8, 4) is 22.3 Å². The number of nitro benzene ring substituents is 2. The zero-order valence-electron chi connectivity index (χ0n) is 18.0. The van der Waals surface area contributed by atoms with Crippen LogP contribution in [0.4, 0.5) is 11.4 Å². The van der Waals surface area contributed by atoms with Crippen molar-refractivity contribution in [1.29, 1.82) is 0 Å². The van der Waals surface area contributed by atoms with E-state index in [2.05, 4.69) is 4.98 Å². The van der Waals surface area contributed by atoms with Gasteiger partial charge in [0.15, 0.2) is 0 Å². The van der Waals surface area contributed by atoms with Crippen LogP contribution in [0.25, 0.3) is 44.1 Å². The van der Waals surface area contributed by atoms with E-state index in [4.69, 9.17) is 0 Å². The Bertz CT molecular complexity index is 1570. The largest absolute Gasteiger partial charge is 0.356 e. The summed E-state index contributed by atoms with van der Waals surface area (Å²) in [6.45, 7) is 3.84. The number of nitrogens with one attached hydrogen (secondary N) is 1. The number of hydrogen-bond acceptors (Lipinski definition) is 4. The zero-order valence-corrected chi connectivity index (χ0v) is 18.0. The van der Waals surface area contributed by atoms with Gasteiger partial charge in [-0.3, -0.25) is 20.2 Å². The van der Waals surface area contributed by atoms with E-state index in [0.717, 1.165) is 22.0 Å². The maximum absolute atomic E-state index is 12.4. The van der Waals surface area contributed by atoms with Crippen molar-refractivity contribution < 1.29 is 9.85 Å². The molecule has 7 heteroatoms. The van der Waals surface area contributed by atoms with Crippen molar-refractivity contribution in [1.82, 2.24) is 4.98 Å². The minimum atomic E-state index is -0.643. The number of H-pyrrole nitrogens is 1. The number of aryl methyl sites for hydroxylation is 2. The van der Waals surface area contributed by atoms with Crippen LogP contribution < -0.4 is 0 Å². The molecular formula is C26H19N3O4. The van der Waals surface area contributed by atoms with Crippen molar-refractivity contribution in [3.63, 3.8) is 0 Å². The van der Waals surface area contributed by atoms with Crippen LogP contribution in [0.2, 0.25) is 0 Å². The Kier molecular flexibility index (Phi) is 4.67. The third-order valence-electron chi connectivity index (χ3n) is 5.95. The highest BCUT2D eigenvalue weighted by atomic mass is 16.6. The van der Waals surface area contributed by atoms with E-state index >= 15 is 0 Å². The Morgan fingerprint density at radius 3 is 1.70 bits per heavy atom. The van der Waals surface area contributed by atoms with Crippen LogP contribution in [-0.2, 0) is 0 Å². The maximum atomic E-state index is 12.4. The number of rotatable bonds is 4. The van der Waals surface area contributed by atoms with Crippen molar-refractivity contribution in [2.75, 3.05) is 0 Å². The Morgan fingerprint density at radius 1 is 0.667 bits per heavy atom. The number of benzene rings is 4. The molecule has 33 heavy (non-hydrogen) atoms. The van der Waals surface area contributed by atoms with Crippen molar-refractivity contribution in [2.45, 2.75) is 13.8 Å². The predicted octanol–water partition coefficient (Wildman–Crippen LogP) is 7.09. The van der Waals surface area contributed by atoms with Crippen LogP contribution in [0.5, 0.6) is 0 Å². The molecule has 162 valence electrons. The van der Waals surface area contributed by atoms with Crippen molar-refractivity contribution in [3.05, 3.63) is 104 Å². The van der Waals surface area contributed by atoms with E-state index in [9.17, 15) is 20.2 Å². The molecule has 1 heterocycles. The quantitative estimate of drug-likeness (QED) is 0.239. The molecule has 0 atom stereocenters. The molecule has 0 aliphatic carbocycles. The lowest BCUT2D eigenvalue weighted by molar-refractivity contribution is -0.421. The molecule has 1 aromatic heterocycles. The first kappa shape index (κ1) is 20.4. The van der Waals surface area contributed by atoms with Gasteiger partial charge in [0.25, 0.3) is 0 Å². The van der Waals surface area contributed by atoms with E-state index < -0.39 is 21.2 Å². The number of aromatic nitrogens is 1. The lowest BCUT2D eigenvalue weighted by Gasteiger charge is -2.12. The van der Waals surface area contributed by atoms with Gasteiger partial charge in [-0.25, -0.2) is 0 Å². The highest BCUT2D eigenvalue weighted by Gasteiger charge is 2.38. The summed E-state index contributed by atoms with van der Waals surface area (Å²) in [5, 5.41) is 26.2. The molecule has 0 amide bonds. The molecule has 0 aliphatic heterocycles. The summed E-state index contributed by atoms with van der Waals surface area (Å²) >= 11 is 0. The van der Waals surface area contributed by atoms with Gasteiger partial charge in [0.1, 0.15) is 0 Å². The van der Waals surface area contributed by atoms with E-state index in [0.29, 0.717) is 22.0 Å². The second-order valence-corrected chi connectivity index (χ2v) is 8.11. The van der Waals surface area contributed by atoms with Gasteiger partial charge in [0.2, 0.25) is 0 Å². The van der Waals surface area contributed by atoms with E-state index in [-0.39, 0.29) is 11.1 Å². The molecule has 5 aromatic rings. The topological polar surface area (TPSA) is 102 Å². The lowest BCUT2D eigenvalue weighted by Crippen LogP contribution is -2.03. The number of nitrogens with zero attached hydrogens (tertiary/aromatic N) is 2. The molecule has 0 bridgehead atoms. The third-order valence-corrected chi connectivity index (χ3v) is 5.95. The lowest BCUT2D eigenvalue weighted by atomic mass is 9.90. The average molecular weight is 437 g/mol. The van der Waals surface area contributed by atoms with Gasteiger partial charge in [-0.05, 0) is 31.0 Å². The summed E-state index contributed by atoms with van der Waals surface area (Å²) in [7, 11) is 0. The fourth-order valence-corrected chi connectivity index (χ4v) is 4.42. The normalized spacial score (nSPS) is 11.2. The van der Waals surface area contributed by atoms with Gasteiger partial charge in [0, 0.05) is 16.3 Å². The van der Waals surface area contributed by atoms with Crippen LogP contribution in [-0.4, -0.2) is 14.8 Å². The highest BCUT2D eigenvalue weighted by molar-refractivity contribution is 6.22. The first-order valence-electron chi connectivity index (χ1n) is 10.4. The molecule has 5 rings (SSSR count). The van der Waals surface area contributed by atoms with E-state index in [1.165, 1.54) is 0 Å². The van der Waals surface area contributed by atoms with Gasteiger partial charge in [-0.15, -0.1) is 0 Å². The molecule has 0 radical (unpaired) electrons. The Labute approximate surface area is 188 Å². The van der Waals surface area contributed by atoms with E-state index in [1.54, 1.807) is 24.3 Å². The van der Waals surface area contributed by atoms with Gasteiger partial charge in [-0.1, -0.05) is 77.9 Å². The Hall–Kier alpha value is -4.52. The summed E-state index contributed by atoms with van der Waals surface area (Å²) in [5.41, 5.74) is 3.78. The number of fused-ring (bicyclic) bond motifs is 3. The zero-order chi connectivity index (χ0) is 23.3. The first-order valence-corrected chi connectivity index (χ1v) is 10.4. The van der Waals surface area contributed by atoms with Crippen LogP contribution >= 0.6 is 0 Å². The summed E-state index contributed by atoms with van der Waals surface area (Å²) in [6.07, 6.45) is 0. The molecule has 1 N–H and O–H groups in total. The second kappa shape index (κ2) is 7.56. The molecule has 0 unspecified atom stereocenters. The van der Waals surface area contributed by atoms with E-state index in [1.807, 2.05) is 62.4 Å². The molecule has 0 saturated heterocycles. The summed E-state index contributed by atoms with van der Waals surface area (Å²) in [5.74, 6) is 0. The summed E-state index contributed by atoms with van der Waals surface area (Å²) in [4.78, 5) is 26.8. The minimum absolute atomic E-state index is 0.216. The smallest absolute Gasteiger partial charge is 0.354 e. The number of para-hydroxylation sites is 1.